The van der Waals surface area contributed by atoms with E-state index in [4.69, 9.17) is 5.11 Å². The highest BCUT2D eigenvalue weighted by molar-refractivity contribution is 5.93. The first-order valence-corrected chi connectivity index (χ1v) is 5.61. The van der Waals surface area contributed by atoms with Crippen molar-refractivity contribution in [2.75, 3.05) is 20.2 Å². The molecule has 0 saturated heterocycles. The summed E-state index contributed by atoms with van der Waals surface area (Å²) < 4.78 is 1.56. The van der Waals surface area contributed by atoms with Crippen LogP contribution in [0.25, 0.3) is 0 Å². The average molecular weight is 255 g/mol. The van der Waals surface area contributed by atoms with E-state index >= 15 is 0 Å². The van der Waals surface area contributed by atoms with Crippen LogP contribution in [0.5, 0.6) is 0 Å². The van der Waals surface area contributed by atoms with Crippen LogP contribution in [0.3, 0.4) is 0 Å². The first kappa shape index (κ1) is 14.2. The average Bonchev–Trinajstić information content (AvgIpc) is 2.73. The Hall–Kier alpha value is -1.89. The molecule has 1 aromatic rings. The van der Waals surface area contributed by atoms with Gasteiger partial charge in [0.15, 0.2) is 0 Å². The second kappa shape index (κ2) is 5.63. The summed E-state index contributed by atoms with van der Waals surface area (Å²) in [6.45, 7) is 3.72. The fraction of sp³-hybridized carbons (Fsp3) is 0.545. The lowest BCUT2D eigenvalue weighted by molar-refractivity contribution is -0.384. The van der Waals surface area contributed by atoms with Crippen molar-refractivity contribution in [3.8, 4) is 0 Å². The second-order valence-electron chi connectivity index (χ2n) is 4.29. The SMILES string of the molecule is CC(C)n1cc([N+](=O)[O-])cc1C(=O)N(C)CCO. The van der Waals surface area contributed by atoms with E-state index in [-0.39, 0.29) is 36.5 Å². The van der Waals surface area contributed by atoms with Gasteiger partial charge in [-0.3, -0.25) is 14.9 Å². The van der Waals surface area contributed by atoms with Gasteiger partial charge < -0.3 is 14.6 Å². The van der Waals surface area contributed by atoms with Crippen LogP contribution in [0.2, 0.25) is 0 Å². The van der Waals surface area contributed by atoms with Crippen molar-refractivity contribution in [2.45, 2.75) is 19.9 Å². The lowest BCUT2D eigenvalue weighted by atomic mass is 10.3. The zero-order valence-electron chi connectivity index (χ0n) is 10.7. The van der Waals surface area contributed by atoms with Crippen LogP contribution in [-0.2, 0) is 0 Å². The second-order valence-corrected chi connectivity index (χ2v) is 4.29. The van der Waals surface area contributed by atoms with Gasteiger partial charge in [-0.25, -0.2) is 0 Å². The number of carbonyl (C=O) groups excluding carboxylic acids is 1. The molecule has 0 bridgehead atoms. The fourth-order valence-electron chi connectivity index (χ4n) is 1.61. The minimum absolute atomic E-state index is 0.0554. The number of carbonyl (C=O) groups is 1. The number of nitro groups is 1. The lowest BCUT2D eigenvalue weighted by Gasteiger charge is -2.18. The van der Waals surface area contributed by atoms with Gasteiger partial charge in [0.2, 0.25) is 0 Å². The number of likely N-dealkylation sites (N-methyl/N-ethyl adjacent to an activating group) is 1. The third kappa shape index (κ3) is 2.86. The predicted molar refractivity (Wildman–Crippen MR) is 65.5 cm³/mol. The highest BCUT2D eigenvalue weighted by Gasteiger charge is 2.22. The molecule has 18 heavy (non-hydrogen) atoms. The van der Waals surface area contributed by atoms with Gasteiger partial charge in [0.25, 0.3) is 11.6 Å². The van der Waals surface area contributed by atoms with E-state index in [0.29, 0.717) is 0 Å². The highest BCUT2D eigenvalue weighted by Crippen LogP contribution is 2.21. The fourth-order valence-corrected chi connectivity index (χ4v) is 1.61. The van der Waals surface area contributed by atoms with E-state index in [1.807, 2.05) is 13.8 Å². The van der Waals surface area contributed by atoms with Crippen LogP contribution in [0.15, 0.2) is 12.3 Å². The minimum Gasteiger partial charge on any atom is -0.395 e. The maximum Gasteiger partial charge on any atom is 0.287 e. The van der Waals surface area contributed by atoms with Gasteiger partial charge in [0, 0.05) is 25.7 Å². The van der Waals surface area contributed by atoms with Crippen LogP contribution in [0.4, 0.5) is 5.69 Å². The molecule has 1 heterocycles. The van der Waals surface area contributed by atoms with Crippen molar-refractivity contribution in [3.05, 3.63) is 28.1 Å². The Morgan fingerprint density at radius 3 is 2.67 bits per heavy atom. The molecule has 0 aliphatic carbocycles. The monoisotopic (exact) mass is 255 g/mol. The molecule has 1 N–H and O–H groups in total. The Morgan fingerprint density at radius 1 is 1.61 bits per heavy atom. The summed E-state index contributed by atoms with van der Waals surface area (Å²) in [5.41, 5.74) is 0.150. The summed E-state index contributed by atoms with van der Waals surface area (Å²) in [4.78, 5) is 23.6. The number of aromatic nitrogens is 1. The number of rotatable bonds is 5. The minimum atomic E-state index is -0.526. The number of amides is 1. The zero-order valence-corrected chi connectivity index (χ0v) is 10.7. The molecule has 7 heteroatoms. The summed E-state index contributed by atoms with van der Waals surface area (Å²) in [6.07, 6.45) is 1.35. The maximum absolute atomic E-state index is 12.1. The molecule has 0 unspecified atom stereocenters. The number of aliphatic hydroxyl groups is 1. The van der Waals surface area contributed by atoms with Gasteiger partial charge in [-0.2, -0.15) is 0 Å². The van der Waals surface area contributed by atoms with E-state index in [2.05, 4.69) is 0 Å². The number of nitrogens with zero attached hydrogens (tertiary/aromatic N) is 3. The Labute approximate surface area is 105 Å². The van der Waals surface area contributed by atoms with Gasteiger partial charge in [-0.15, -0.1) is 0 Å². The topological polar surface area (TPSA) is 88.6 Å². The number of aliphatic hydroxyl groups excluding tert-OH is 1. The van der Waals surface area contributed by atoms with Crippen molar-refractivity contribution in [1.29, 1.82) is 0 Å². The van der Waals surface area contributed by atoms with E-state index < -0.39 is 4.92 Å². The molecule has 0 fully saturated rings. The van der Waals surface area contributed by atoms with Gasteiger partial charge in [-0.05, 0) is 13.8 Å². The zero-order chi connectivity index (χ0) is 13.9. The van der Waals surface area contributed by atoms with Gasteiger partial charge in [0.1, 0.15) is 5.69 Å². The van der Waals surface area contributed by atoms with Crippen LogP contribution in [0, 0.1) is 10.1 Å². The van der Waals surface area contributed by atoms with E-state index in [1.165, 1.54) is 17.2 Å². The standard InChI is InChI=1S/C11H17N3O4/c1-8(2)13-7-9(14(17)18)6-10(13)11(16)12(3)4-5-15/h6-8,15H,4-5H2,1-3H3. The maximum atomic E-state index is 12.1. The van der Waals surface area contributed by atoms with E-state index in [0.717, 1.165) is 0 Å². The van der Waals surface area contributed by atoms with Gasteiger partial charge >= 0.3 is 0 Å². The Balaban J connectivity index is 3.13. The summed E-state index contributed by atoms with van der Waals surface area (Å²) >= 11 is 0. The van der Waals surface area contributed by atoms with Crippen LogP contribution >= 0.6 is 0 Å². The van der Waals surface area contributed by atoms with Crippen molar-refractivity contribution in [2.24, 2.45) is 0 Å². The van der Waals surface area contributed by atoms with E-state index in [9.17, 15) is 14.9 Å². The number of hydrogen-bond acceptors (Lipinski definition) is 4. The molecule has 100 valence electrons. The molecule has 0 aliphatic rings. The summed E-state index contributed by atoms with van der Waals surface area (Å²) in [5, 5.41) is 19.5. The molecule has 7 nitrogen and oxygen atoms in total. The molecule has 0 spiro atoms. The van der Waals surface area contributed by atoms with Crippen molar-refractivity contribution < 1.29 is 14.8 Å². The summed E-state index contributed by atoms with van der Waals surface area (Å²) in [7, 11) is 1.54. The largest absolute Gasteiger partial charge is 0.395 e. The molecule has 1 aromatic heterocycles. The predicted octanol–water partition coefficient (Wildman–Crippen LogP) is 1.04. The molecule has 0 aliphatic heterocycles. The molecule has 1 amide bonds. The van der Waals surface area contributed by atoms with Crippen LogP contribution < -0.4 is 0 Å². The van der Waals surface area contributed by atoms with Crippen LogP contribution in [0.1, 0.15) is 30.4 Å². The number of hydrogen-bond donors (Lipinski definition) is 1. The van der Waals surface area contributed by atoms with Crippen molar-refractivity contribution >= 4 is 11.6 Å². The molecular weight excluding hydrogens is 238 g/mol. The molecular formula is C11H17N3O4. The van der Waals surface area contributed by atoms with E-state index in [1.54, 1.807) is 11.6 Å². The summed E-state index contributed by atoms with van der Waals surface area (Å²) in [5.74, 6) is -0.342. The highest BCUT2D eigenvalue weighted by atomic mass is 16.6. The molecule has 0 radical (unpaired) electrons. The van der Waals surface area contributed by atoms with Gasteiger partial charge in [-0.1, -0.05) is 0 Å². The van der Waals surface area contributed by atoms with Crippen molar-refractivity contribution in [3.63, 3.8) is 0 Å². The first-order chi connectivity index (χ1) is 8.38. The molecule has 0 saturated carbocycles. The summed E-state index contributed by atoms with van der Waals surface area (Å²) in [6, 6.07) is 1.20. The third-order valence-corrected chi connectivity index (χ3v) is 2.60. The molecule has 0 aromatic carbocycles. The Kier molecular flexibility index (Phi) is 4.43. The van der Waals surface area contributed by atoms with Crippen molar-refractivity contribution in [1.82, 2.24) is 9.47 Å². The first-order valence-electron chi connectivity index (χ1n) is 5.61. The normalized spacial score (nSPS) is 10.7. The van der Waals surface area contributed by atoms with Crippen LogP contribution in [-0.4, -0.2) is 45.6 Å². The lowest BCUT2D eigenvalue weighted by Crippen LogP contribution is -2.31. The molecule has 1 rings (SSSR count). The smallest absolute Gasteiger partial charge is 0.287 e. The quantitative estimate of drug-likeness (QED) is 0.629. The molecule has 0 atom stereocenters. The Bertz CT molecular complexity index is 453. The Morgan fingerprint density at radius 2 is 2.22 bits per heavy atom. The third-order valence-electron chi connectivity index (χ3n) is 2.60. The van der Waals surface area contributed by atoms with Gasteiger partial charge in [0.05, 0.1) is 17.7 Å².